The third-order valence-electron chi connectivity index (χ3n) is 4.16. The summed E-state index contributed by atoms with van der Waals surface area (Å²) in [7, 11) is 0. The number of aliphatic hydroxyl groups excluding tert-OH is 1. The number of ether oxygens (including phenoxy) is 1. The Kier molecular flexibility index (Phi) is 5.10. The standard InChI is InChI=1S/C18H21NO4/c20-16(12-19-18(21)15-7-10-22-11-8-15)13-3-5-14(6-4-13)17-2-1-9-23-17/h1-6,9,15-16,20H,7-8,10-12H2,(H,19,21)/t16-/m0/s1. The van der Waals surface area contributed by atoms with Crippen LogP contribution in [0.1, 0.15) is 24.5 Å². The number of aliphatic hydroxyl groups is 1. The zero-order valence-electron chi connectivity index (χ0n) is 12.9. The van der Waals surface area contributed by atoms with E-state index in [1.807, 2.05) is 36.4 Å². The minimum Gasteiger partial charge on any atom is -0.464 e. The molecule has 23 heavy (non-hydrogen) atoms. The van der Waals surface area contributed by atoms with Gasteiger partial charge in [0.2, 0.25) is 5.91 Å². The number of hydrogen-bond acceptors (Lipinski definition) is 4. The van der Waals surface area contributed by atoms with E-state index in [-0.39, 0.29) is 18.4 Å². The van der Waals surface area contributed by atoms with E-state index in [9.17, 15) is 9.90 Å². The highest BCUT2D eigenvalue weighted by molar-refractivity contribution is 5.78. The Balaban J connectivity index is 1.53. The number of nitrogens with one attached hydrogen (secondary N) is 1. The highest BCUT2D eigenvalue weighted by Crippen LogP contribution is 2.22. The van der Waals surface area contributed by atoms with E-state index in [0.717, 1.165) is 29.7 Å². The van der Waals surface area contributed by atoms with Crippen LogP contribution in [0.2, 0.25) is 0 Å². The van der Waals surface area contributed by atoms with E-state index in [4.69, 9.17) is 9.15 Å². The van der Waals surface area contributed by atoms with Crippen LogP contribution in [-0.4, -0.2) is 30.8 Å². The van der Waals surface area contributed by atoms with Gasteiger partial charge in [0, 0.05) is 31.2 Å². The van der Waals surface area contributed by atoms with Gasteiger partial charge in [-0.15, -0.1) is 0 Å². The molecule has 0 bridgehead atoms. The molecule has 0 radical (unpaired) electrons. The zero-order chi connectivity index (χ0) is 16.1. The number of amides is 1. The molecule has 0 unspecified atom stereocenters. The Morgan fingerprint density at radius 2 is 1.96 bits per heavy atom. The van der Waals surface area contributed by atoms with Gasteiger partial charge >= 0.3 is 0 Å². The number of hydrogen-bond donors (Lipinski definition) is 2. The fourth-order valence-electron chi connectivity index (χ4n) is 2.73. The molecule has 1 fully saturated rings. The predicted molar refractivity (Wildman–Crippen MR) is 85.7 cm³/mol. The smallest absolute Gasteiger partial charge is 0.223 e. The van der Waals surface area contributed by atoms with E-state index in [2.05, 4.69) is 5.32 Å². The SMILES string of the molecule is O=C(NC[C@H](O)c1ccc(-c2ccco2)cc1)C1CCOCC1. The van der Waals surface area contributed by atoms with E-state index in [1.54, 1.807) is 6.26 Å². The molecule has 2 N–H and O–H groups in total. The molecule has 0 spiro atoms. The summed E-state index contributed by atoms with van der Waals surface area (Å²) in [4.78, 5) is 12.1. The van der Waals surface area contributed by atoms with Crippen molar-refractivity contribution in [3.8, 4) is 11.3 Å². The average Bonchev–Trinajstić information content (AvgIpc) is 3.15. The van der Waals surface area contributed by atoms with Crippen LogP contribution in [0.5, 0.6) is 0 Å². The molecule has 1 atom stereocenters. The van der Waals surface area contributed by atoms with Gasteiger partial charge in [0.25, 0.3) is 0 Å². The van der Waals surface area contributed by atoms with Crippen LogP contribution >= 0.6 is 0 Å². The van der Waals surface area contributed by atoms with E-state index >= 15 is 0 Å². The third-order valence-corrected chi connectivity index (χ3v) is 4.16. The summed E-state index contributed by atoms with van der Waals surface area (Å²) in [6.07, 6.45) is 2.41. The molecule has 5 nitrogen and oxygen atoms in total. The van der Waals surface area contributed by atoms with Crippen LogP contribution in [0.15, 0.2) is 47.1 Å². The van der Waals surface area contributed by atoms with Gasteiger partial charge in [0.1, 0.15) is 5.76 Å². The minimum atomic E-state index is -0.718. The molecule has 122 valence electrons. The molecule has 0 aliphatic carbocycles. The van der Waals surface area contributed by atoms with Gasteiger partial charge in [-0.25, -0.2) is 0 Å². The topological polar surface area (TPSA) is 71.7 Å². The molecule has 1 aliphatic heterocycles. The quantitative estimate of drug-likeness (QED) is 0.889. The summed E-state index contributed by atoms with van der Waals surface area (Å²) in [5.74, 6) is 0.788. The molecular formula is C18H21NO4. The average molecular weight is 315 g/mol. The Hall–Kier alpha value is -2.11. The van der Waals surface area contributed by atoms with Gasteiger partial charge in [-0.1, -0.05) is 24.3 Å². The second-order valence-corrected chi connectivity index (χ2v) is 5.75. The number of carbonyl (C=O) groups is 1. The number of rotatable bonds is 5. The molecule has 1 amide bonds. The summed E-state index contributed by atoms with van der Waals surface area (Å²) >= 11 is 0. The van der Waals surface area contributed by atoms with Crippen LogP contribution in [0.25, 0.3) is 11.3 Å². The Morgan fingerprint density at radius 1 is 1.22 bits per heavy atom. The summed E-state index contributed by atoms with van der Waals surface area (Å²) in [5.41, 5.74) is 1.73. The first-order valence-electron chi connectivity index (χ1n) is 7.91. The van der Waals surface area contributed by atoms with Crippen LogP contribution < -0.4 is 5.32 Å². The fraction of sp³-hybridized carbons (Fsp3) is 0.389. The van der Waals surface area contributed by atoms with Crippen molar-refractivity contribution in [1.29, 1.82) is 0 Å². The molecule has 1 aromatic carbocycles. The second kappa shape index (κ2) is 7.44. The van der Waals surface area contributed by atoms with Gasteiger partial charge in [0.05, 0.1) is 12.4 Å². The third kappa shape index (κ3) is 4.00. The molecule has 1 saturated heterocycles. The molecule has 0 saturated carbocycles. The maximum absolute atomic E-state index is 12.1. The summed E-state index contributed by atoms with van der Waals surface area (Å²) in [6.45, 7) is 1.49. The number of furan rings is 1. The van der Waals surface area contributed by atoms with Crippen molar-refractivity contribution in [2.75, 3.05) is 19.8 Å². The van der Waals surface area contributed by atoms with Gasteiger partial charge in [0.15, 0.2) is 0 Å². The van der Waals surface area contributed by atoms with Gasteiger partial charge < -0.3 is 19.6 Å². The van der Waals surface area contributed by atoms with E-state index < -0.39 is 6.10 Å². The van der Waals surface area contributed by atoms with Crippen LogP contribution in [-0.2, 0) is 9.53 Å². The molecule has 2 heterocycles. The highest BCUT2D eigenvalue weighted by Gasteiger charge is 2.22. The molecule has 1 aliphatic rings. The minimum absolute atomic E-state index is 0.000411. The molecule has 3 rings (SSSR count). The Labute approximate surface area is 135 Å². The van der Waals surface area contributed by atoms with Crippen LogP contribution in [0, 0.1) is 5.92 Å². The lowest BCUT2D eigenvalue weighted by molar-refractivity contribution is -0.128. The van der Waals surface area contributed by atoms with E-state index in [1.165, 1.54) is 0 Å². The first kappa shape index (κ1) is 15.8. The maximum Gasteiger partial charge on any atom is 0.223 e. The van der Waals surface area contributed by atoms with Gasteiger partial charge in [-0.2, -0.15) is 0 Å². The van der Waals surface area contributed by atoms with Crippen LogP contribution in [0.4, 0.5) is 0 Å². The van der Waals surface area contributed by atoms with Crippen molar-refractivity contribution in [3.05, 3.63) is 48.2 Å². The fourth-order valence-corrected chi connectivity index (χ4v) is 2.73. The van der Waals surface area contributed by atoms with Crippen molar-refractivity contribution in [2.24, 2.45) is 5.92 Å². The molecule has 2 aromatic rings. The summed E-state index contributed by atoms with van der Waals surface area (Å²) in [5, 5.41) is 13.1. The Bertz CT molecular complexity index is 615. The van der Waals surface area contributed by atoms with E-state index in [0.29, 0.717) is 13.2 Å². The molecule has 5 heteroatoms. The summed E-state index contributed by atoms with van der Waals surface area (Å²) < 4.78 is 10.6. The van der Waals surface area contributed by atoms with Crippen molar-refractivity contribution >= 4 is 5.91 Å². The first-order valence-corrected chi connectivity index (χ1v) is 7.91. The maximum atomic E-state index is 12.1. The lowest BCUT2D eigenvalue weighted by atomic mass is 9.99. The first-order chi connectivity index (χ1) is 11.2. The normalized spacial score (nSPS) is 16.9. The van der Waals surface area contributed by atoms with Crippen molar-refractivity contribution in [2.45, 2.75) is 18.9 Å². The lowest BCUT2D eigenvalue weighted by Gasteiger charge is -2.22. The van der Waals surface area contributed by atoms with Crippen LogP contribution in [0.3, 0.4) is 0 Å². The van der Waals surface area contributed by atoms with Crippen molar-refractivity contribution in [3.63, 3.8) is 0 Å². The monoisotopic (exact) mass is 315 g/mol. The lowest BCUT2D eigenvalue weighted by Crippen LogP contribution is -2.36. The number of carbonyl (C=O) groups excluding carboxylic acids is 1. The van der Waals surface area contributed by atoms with Crippen molar-refractivity contribution in [1.82, 2.24) is 5.32 Å². The Morgan fingerprint density at radius 3 is 2.61 bits per heavy atom. The van der Waals surface area contributed by atoms with Crippen molar-refractivity contribution < 1.29 is 19.1 Å². The second-order valence-electron chi connectivity index (χ2n) is 5.75. The molecule has 1 aromatic heterocycles. The largest absolute Gasteiger partial charge is 0.464 e. The molecular weight excluding hydrogens is 294 g/mol. The number of benzene rings is 1. The van der Waals surface area contributed by atoms with Gasteiger partial charge in [-0.05, 0) is 30.5 Å². The highest BCUT2D eigenvalue weighted by atomic mass is 16.5. The summed E-state index contributed by atoms with van der Waals surface area (Å²) in [6, 6.07) is 11.2. The van der Waals surface area contributed by atoms with Gasteiger partial charge in [-0.3, -0.25) is 4.79 Å². The zero-order valence-corrected chi connectivity index (χ0v) is 12.9. The predicted octanol–water partition coefficient (Wildman–Crippen LogP) is 2.52.